The van der Waals surface area contributed by atoms with Crippen molar-refractivity contribution in [3.05, 3.63) is 28.2 Å². The Morgan fingerprint density at radius 2 is 2.40 bits per heavy atom. The molecule has 0 unspecified atom stereocenters. The van der Waals surface area contributed by atoms with Gasteiger partial charge >= 0.3 is 0 Å². The van der Waals surface area contributed by atoms with Gasteiger partial charge in [0.25, 0.3) is 0 Å². The van der Waals surface area contributed by atoms with Crippen molar-refractivity contribution in [2.75, 3.05) is 19.6 Å². The first-order chi connectivity index (χ1) is 7.38. The zero-order valence-electron chi connectivity index (χ0n) is 8.85. The molecule has 82 valence electrons. The fourth-order valence-corrected chi connectivity index (χ4v) is 2.53. The molecule has 15 heavy (non-hydrogen) atoms. The van der Waals surface area contributed by atoms with Crippen LogP contribution in [0.3, 0.4) is 0 Å². The number of hydrogen-bond donors (Lipinski definition) is 1. The molecule has 0 fully saturated rings. The molecular formula is C11H17N3S. The van der Waals surface area contributed by atoms with Crippen molar-refractivity contribution in [2.24, 2.45) is 5.73 Å². The second-order valence-electron chi connectivity index (χ2n) is 3.77. The molecule has 0 aliphatic carbocycles. The van der Waals surface area contributed by atoms with Crippen LogP contribution < -0.4 is 5.73 Å². The summed E-state index contributed by atoms with van der Waals surface area (Å²) in [5.74, 6) is 0. The van der Waals surface area contributed by atoms with Gasteiger partial charge in [0.15, 0.2) is 0 Å². The van der Waals surface area contributed by atoms with E-state index in [9.17, 15) is 0 Å². The first-order valence-electron chi connectivity index (χ1n) is 5.39. The van der Waals surface area contributed by atoms with Gasteiger partial charge in [-0.2, -0.15) is 0 Å². The third-order valence-corrected chi connectivity index (χ3v) is 3.44. The monoisotopic (exact) mass is 223 g/mol. The molecule has 0 radical (unpaired) electrons. The van der Waals surface area contributed by atoms with Crippen LogP contribution in [0.5, 0.6) is 0 Å². The second kappa shape index (κ2) is 5.39. The summed E-state index contributed by atoms with van der Waals surface area (Å²) >= 11 is 1.73. The Balaban J connectivity index is 1.89. The Morgan fingerprint density at radius 3 is 3.13 bits per heavy atom. The van der Waals surface area contributed by atoms with Gasteiger partial charge in [0, 0.05) is 31.4 Å². The summed E-state index contributed by atoms with van der Waals surface area (Å²) in [5.41, 5.74) is 6.69. The van der Waals surface area contributed by atoms with Gasteiger partial charge in [0.05, 0.1) is 10.7 Å². The van der Waals surface area contributed by atoms with Crippen LogP contribution in [0.4, 0.5) is 0 Å². The maximum absolute atomic E-state index is 5.50. The van der Waals surface area contributed by atoms with Crippen molar-refractivity contribution in [2.45, 2.75) is 19.4 Å². The summed E-state index contributed by atoms with van der Waals surface area (Å²) in [4.78, 5) is 6.98. The molecule has 0 aromatic carbocycles. The Bertz CT molecular complexity index is 332. The van der Waals surface area contributed by atoms with Crippen LogP contribution in [0.2, 0.25) is 0 Å². The van der Waals surface area contributed by atoms with E-state index in [0.717, 1.165) is 26.1 Å². The summed E-state index contributed by atoms with van der Waals surface area (Å²) in [6, 6.07) is 0. The molecule has 2 heterocycles. The van der Waals surface area contributed by atoms with E-state index < -0.39 is 0 Å². The van der Waals surface area contributed by atoms with Crippen LogP contribution >= 0.6 is 11.3 Å². The Morgan fingerprint density at radius 1 is 1.47 bits per heavy atom. The molecule has 1 aromatic rings. The van der Waals surface area contributed by atoms with Crippen molar-refractivity contribution < 1.29 is 0 Å². The smallest absolute Gasteiger partial charge is 0.0941 e. The van der Waals surface area contributed by atoms with Crippen molar-refractivity contribution in [3.8, 4) is 0 Å². The zero-order valence-corrected chi connectivity index (χ0v) is 9.67. The highest BCUT2D eigenvalue weighted by molar-refractivity contribution is 7.09. The number of hydrogen-bond acceptors (Lipinski definition) is 4. The molecule has 2 N–H and O–H groups in total. The van der Waals surface area contributed by atoms with E-state index >= 15 is 0 Å². The van der Waals surface area contributed by atoms with E-state index in [1.54, 1.807) is 11.3 Å². The van der Waals surface area contributed by atoms with Gasteiger partial charge < -0.3 is 5.73 Å². The minimum Gasteiger partial charge on any atom is -0.330 e. The molecule has 4 heteroatoms. The number of nitrogens with two attached hydrogens (primary N) is 1. The van der Waals surface area contributed by atoms with Crippen molar-refractivity contribution in [3.63, 3.8) is 0 Å². The van der Waals surface area contributed by atoms with Crippen molar-refractivity contribution in [1.29, 1.82) is 0 Å². The fraction of sp³-hybridized carbons (Fsp3) is 0.545. The maximum Gasteiger partial charge on any atom is 0.0941 e. The van der Waals surface area contributed by atoms with Gasteiger partial charge in [-0.1, -0.05) is 12.2 Å². The predicted molar refractivity (Wildman–Crippen MR) is 63.9 cm³/mol. The fourth-order valence-electron chi connectivity index (χ4n) is 1.72. The highest BCUT2D eigenvalue weighted by Gasteiger charge is 2.09. The molecule has 0 atom stereocenters. The highest BCUT2D eigenvalue weighted by Crippen LogP contribution is 2.13. The summed E-state index contributed by atoms with van der Waals surface area (Å²) in [7, 11) is 0. The maximum atomic E-state index is 5.50. The van der Waals surface area contributed by atoms with Gasteiger partial charge in [-0.25, -0.2) is 4.98 Å². The second-order valence-corrected chi connectivity index (χ2v) is 4.71. The lowest BCUT2D eigenvalue weighted by Gasteiger charge is -2.21. The molecule has 0 amide bonds. The summed E-state index contributed by atoms with van der Waals surface area (Å²) < 4.78 is 0. The normalized spacial score (nSPS) is 17.1. The van der Waals surface area contributed by atoms with E-state index in [2.05, 4.69) is 27.4 Å². The Hall–Kier alpha value is -0.710. The zero-order chi connectivity index (χ0) is 10.5. The summed E-state index contributed by atoms with van der Waals surface area (Å²) in [6.45, 7) is 3.88. The molecule has 0 spiro atoms. The topological polar surface area (TPSA) is 42.1 Å². The molecule has 0 bridgehead atoms. The number of rotatable bonds is 4. The lowest BCUT2D eigenvalue weighted by molar-refractivity contribution is 0.287. The van der Waals surface area contributed by atoms with Gasteiger partial charge in [0.1, 0.15) is 0 Å². The van der Waals surface area contributed by atoms with Crippen LogP contribution in [0.1, 0.15) is 17.1 Å². The number of thiazole rings is 1. The van der Waals surface area contributed by atoms with E-state index in [-0.39, 0.29) is 0 Å². The lowest BCUT2D eigenvalue weighted by Crippen LogP contribution is -2.26. The van der Waals surface area contributed by atoms with E-state index in [1.165, 1.54) is 17.1 Å². The van der Waals surface area contributed by atoms with Gasteiger partial charge in [-0.3, -0.25) is 4.90 Å². The molecule has 0 saturated carbocycles. The van der Waals surface area contributed by atoms with E-state index in [0.29, 0.717) is 6.54 Å². The van der Waals surface area contributed by atoms with Crippen molar-refractivity contribution in [1.82, 2.24) is 9.88 Å². The SMILES string of the molecule is NCCc1nc(CN2CC=CCC2)cs1. The van der Waals surface area contributed by atoms with Gasteiger partial charge in [-0.05, 0) is 13.0 Å². The summed E-state index contributed by atoms with van der Waals surface area (Å²) in [6.07, 6.45) is 6.55. The first-order valence-corrected chi connectivity index (χ1v) is 6.27. The Kier molecular flexibility index (Phi) is 3.88. The van der Waals surface area contributed by atoms with Gasteiger partial charge in [0.2, 0.25) is 0 Å². The predicted octanol–water partition coefficient (Wildman–Crippen LogP) is 1.41. The average Bonchev–Trinajstić information content (AvgIpc) is 2.68. The van der Waals surface area contributed by atoms with Crippen LogP contribution in [0, 0.1) is 0 Å². The van der Waals surface area contributed by atoms with Crippen LogP contribution in [-0.4, -0.2) is 29.5 Å². The quantitative estimate of drug-likeness (QED) is 0.785. The van der Waals surface area contributed by atoms with Crippen LogP contribution in [0.25, 0.3) is 0 Å². The molecule has 2 rings (SSSR count). The average molecular weight is 223 g/mol. The van der Waals surface area contributed by atoms with Crippen LogP contribution in [0.15, 0.2) is 17.5 Å². The largest absolute Gasteiger partial charge is 0.330 e. The van der Waals surface area contributed by atoms with E-state index in [1.807, 2.05) is 0 Å². The molecule has 0 saturated heterocycles. The lowest BCUT2D eigenvalue weighted by atomic mass is 10.2. The Labute approximate surface area is 94.6 Å². The number of aromatic nitrogens is 1. The van der Waals surface area contributed by atoms with E-state index in [4.69, 9.17) is 5.73 Å². The number of nitrogens with zero attached hydrogens (tertiary/aromatic N) is 2. The third kappa shape index (κ3) is 3.12. The molecule has 1 aromatic heterocycles. The highest BCUT2D eigenvalue weighted by atomic mass is 32.1. The molecular weight excluding hydrogens is 206 g/mol. The molecule has 1 aliphatic rings. The van der Waals surface area contributed by atoms with Crippen LogP contribution in [-0.2, 0) is 13.0 Å². The molecule has 3 nitrogen and oxygen atoms in total. The van der Waals surface area contributed by atoms with Gasteiger partial charge in [-0.15, -0.1) is 11.3 Å². The summed E-state index contributed by atoms with van der Waals surface area (Å²) in [5, 5.41) is 3.32. The standard InChI is InChI=1S/C11H17N3S/c12-5-4-11-13-10(9-15-11)8-14-6-2-1-3-7-14/h1-2,9H,3-8,12H2. The van der Waals surface area contributed by atoms with Crippen molar-refractivity contribution >= 4 is 11.3 Å². The minimum atomic E-state index is 0.694. The third-order valence-electron chi connectivity index (χ3n) is 2.49. The molecule has 1 aliphatic heterocycles. The minimum absolute atomic E-state index is 0.694. The first kappa shape index (κ1) is 10.8.